The molecule has 1 atom stereocenters. The van der Waals surface area contributed by atoms with Crippen LogP contribution in [-0.4, -0.2) is 34.0 Å². The first-order valence-corrected chi connectivity index (χ1v) is 9.99. The van der Waals surface area contributed by atoms with E-state index >= 15 is 0 Å². The van der Waals surface area contributed by atoms with Gasteiger partial charge in [0.25, 0.3) is 0 Å². The molecule has 22 heavy (non-hydrogen) atoms. The number of hydrogen-bond donors (Lipinski definition) is 1. The van der Waals surface area contributed by atoms with Crippen molar-refractivity contribution in [2.75, 3.05) is 20.6 Å². The van der Waals surface area contributed by atoms with E-state index in [1.54, 1.807) is 23.5 Å². The van der Waals surface area contributed by atoms with Gasteiger partial charge in [-0.25, -0.2) is 13.1 Å². The molecule has 1 heterocycles. The fourth-order valence-electron chi connectivity index (χ4n) is 1.98. The number of nitrogens with zero attached hydrogens (tertiary/aromatic N) is 1. The van der Waals surface area contributed by atoms with Crippen molar-refractivity contribution in [1.82, 2.24) is 9.62 Å². The lowest BCUT2D eigenvalue weighted by Gasteiger charge is -2.23. The Kier molecular flexibility index (Phi) is 6.04. The Bertz CT molecular complexity index is 733. The molecule has 0 spiro atoms. The molecule has 4 nitrogen and oxygen atoms in total. The fraction of sp³-hybridized carbons (Fsp3) is 0.286. The summed E-state index contributed by atoms with van der Waals surface area (Å²) in [7, 11) is 0.192. The molecular weight excluding hydrogens is 408 g/mol. The van der Waals surface area contributed by atoms with Gasteiger partial charge in [-0.1, -0.05) is 33.6 Å². The van der Waals surface area contributed by atoms with Gasteiger partial charge in [0.05, 0.1) is 11.1 Å². The highest BCUT2D eigenvalue weighted by atomic mass is 79.9. The second kappa shape index (κ2) is 7.42. The van der Waals surface area contributed by atoms with Gasteiger partial charge in [-0.05, 0) is 43.7 Å². The lowest BCUT2D eigenvalue weighted by molar-refractivity contribution is 0.303. The van der Waals surface area contributed by atoms with Gasteiger partial charge in [0.2, 0.25) is 10.0 Å². The second-order valence-electron chi connectivity index (χ2n) is 4.92. The molecule has 0 saturated heterocycles. The van der Waals surface area contributed by atoms with Gasteiger partial charge in [0.15, 0.2) is 0 Å². The Morgan fingerprint density at radius 3 is 2.64 bits per heavy atom. The van der Waals surface area contributed by atoms with Gasteiger partial charge in [0, 0.05) is 15.9 Å². The van der Waals surface area contributed by atoms with Crippen molar-refractivity contribution in [3.63, 3.8) is 0 Å². The first kappa shape index (κ1) is 17.9. The Hall–Kier alpha value is -0.440. The number of nitrogens with one attached hydrogen (secondary N) is 1. The number of benzene rings is 1. The van der Waals surface area contributed by atoms with Crippen molar-refractivity contribution < 1.29 is 8.42 Å². The Balaban J connectivity index is 2.18. The van der Waals surface area contributed by atoms with Crippen molar-refractivity contribution in [2.24, 2.45) is 0 Å². The molecule has 1 aromatic heterocycles. The Labute approximate surface area is 148 Å². The largest absolute Gasteiger partial charge is 0.300 e. The van der Waals surface area contributed by atoms with Crippen molar-refractivity contribution >= 4 is 48.9 Å². The molecule has 0 aliphatic heterocycles. The highest BCUT2D eigenvalue weighted by molar-refractivity contribution is 9.10. The minimum atomic E-state index is -3.65. The van der Waals surface area contributed by atoms with E-state index in [1.165, 1.54) is 6.07 Å². The third-order valence-electron chi connectivity index (χ3n) is 3.15. The molecule has 0 aliphatic carbocycles. The second-order valence-corrected chi connectivity index (χ2v) is 8.96. The van der Waals surface area contributed by atoms with Crippen LogP contribution in [0.4, 0.5) is 0 Å². The van der Waals surface area contributed by atoms with Crippen LogP contribution in [0.2, 0.25) is 5.02 Å². The molecule has 2 aromatic rings. The molecule has 0 aliphatic rings. The van der Waals surface area contributed by atoms with E-state index in [0.717, 1.165) is 9.35 Å². The number of thiophene rings is 1. The van der Waals surface area contributed by atoms with E-state index in [-0.39, 0.29) is 22.5 Å². The standard InChI is InChI=1S/C14H16BrClN2O2S2/c1-18(2)12(13-4-3-7-21-13)9-17-22(19,20)14-6-5-10(15)8-11(14)16/h3-8,12,17H,9H2,1-2H3. The van der Waals surface area contributed by atoms with Gasteiger partial charge >= 0.3 is 0 Å². The number of halogens is 2. The first-order valence-electron chi connectivity index (χ1n) is 6.46. The lowest BCUT2D eigenvalue weighted by atomic mass is 10.2. The van der Waals surface area contributed by atoms with E-state index < -0.39 is 10.0 Å². The van der Waals surface area contributed by atoms with Crippen LogP contribution in [0.25, 0.3) is 0 Å². The van der Waals surface area contributed by atoms with Crippen molar-refractivity contribution in [3.05, 3.63) is 50.1 Å². The van der Waals surface area contributed by atoms with E-state index in [9.17, 15) is 8.42 Å². The topological polar surface area (TPSA) is 49.4 Å². The normalized spacial score (nSPS) is 13.5. The minimum absolute atomic E-state index is 0.0241. The molecule has 1 aromatic carbocycles. The zero-order valence-corrected chi connectivity index (χ0v) is 16.1. The molecular formula is C14H16BrClN2O2S2. The highest BCUT2D eigenvalue weighted by Crippen LogP contribution is 2.26. The van der Waals surface area contributed by atoms with Gasteiger partial charge in [-0.2, -0.15) is 0 Å². The number of hydrogen-bond acceptors (Lipinski definition) is 4. The maximum Gasteiger partial charge on any atom is 0.242 e. The summed E-state index contributed by atoms with van der Waals surface area (Å²) in [5.41, 5.74) is 0. The average Bonchev–Trinajstić information content (AvgIpc) is 2.91. The molecule has 120 valence electrons. The molecule has 8 heteroatoms. The smallest absolute Gasteiger partial charge is 0.242 e. The predicted octanol–water partition coefficient (Wildman–Crippen LogP) is 3.75. The molecule has 0 amide bonds. The first-order chi connectivity index (χ1) is 10.3. The highest BCUT2D eigenvalue weighted by Gasteiger charge is 2.22. The van der Waals surface area contributed by atoms with Crippen LogP contribution in [0.15, 0.2) is 45.1 Å². The van der Waals surface area contributed by atoms with Crippen molar-refractivity contribution in [1.29, 1.82) is 0 Å². The van der Waals surface area contributed by atoms with E-state index in [2.05, 4.69) is 20.7 Å². The zero-order chi connectivity index (χ0) is 16.3. The molecule has 0 fully saturated rings. The Morgan fingerprint density at radius 1 is 1.36 bits per heavy atom. The number of likely N-dealkylation sites (N-methyl/N-ethyl adjacent to an activating group) is 1. The summed E-state index contributed by atoms with van der Waals surface area (Å²) >= 11 is 10.9. The summed E-state index contributed by atoms with van der Waals surface area (Å²) in [6.07, 6.45) is 0. The molecule has 0 bridgehead atoms. The summed E-state index contributed by atoms with van der Waals surface area (Å²) in [6.45, 7) is 0.280. The van der Waals surface area contributed by atoms with Crippen LogP contribution in [0, 0.1) is 0 Å². The average molecular weight is 424 g/mol. The van der Waals surface area contributed by atoms with E-state index in [0.29, 0.717) is 0 Å². The summed E-state index contributed by atoms with van der Waals surface area (Å²) in [5, 5.41) is 2.17. The van der Waals surface area contributed by atoms with Crippen LogP contribution in [0.5, 0.6) is 0 Å². The summed E-state index contributed by atoms with van der Waals surface area (Å²) in [4.78, 5) is 3.17. The zero-order valence-electron chi connectivity index (χ0n) is 12.1. The van der Waals surface area contributed by atoms with E-state index in [1.807, 2.05) is 36.5 Å². The maximum atomic E-state index is 12.4. The van der Waals surface area contributed by atoms with Crippen molar-refractivity contribution in [2.45, 2.75) is 10.9 Å². The van der Waals surface area contributed by atoms with Crippen LogP contribution in [-0.2, 0) is 10.0 Å². The maximum absolute atomic E-state index is 12.4. The summed E-state index contributed by atoms with van der Waals surface area (Å²) in [5.74, 6) is 0. The summed E-state index contributed by atoms with van der Waals surface area (Å²) in [6, 6.07) is 8.64. The van der Waals surface area contributed by atoms with Gasteiger partial charge in [-0.3, -0.25) is 0 Å². The molecule has 2 rings (SSSR count). The fourth-order valence-corrected chi connectivity index (χ4v) is 4.97. The van der Waals surface area contributed by atoms with Crippen LogP contribution in [0.1, 0.15) is 10.9 Å². The SMILES string of the molecule is CN(C)C(CNS(=O)(=O)c1ccc(Br)cc1Cl)c1cccs1. The predicted molar refractivity (Wildman–Crippen MR) is 95.1 cm³/mol. The summed E-state index contributed by atoms with van der Waals surface area (Å²) < 4.78 is 28.2. The third-order valence-corrected chi connectivity index (χ3v) is 6.52. The number of sulfonamides is 1. The lowest BCUT2D eigenvalue weighted by Crippen LogP contribution is -2.34. The van der Waals surface area contributed by atoms with Gasteiger partial charge in [-0.15, -0.1) is 11.3 Å². The van der Waals surface area contributed by atoms with E-state index in [4.69, 9.17) is 11.6 Å². The molecule has 0 saturated carbocycles. The minimum Gasteiger partial charge on any atom is -0.300 e. The van der Waals surface area contributed by atoms with Gasteiger partial charge < -0.3 is 4.90 Å². The molecule has 1 N–H and O–H groups in total. The van der Waals surface area contributed by atoms with Crippen LogP contribution < -0.4 is 4.72 Å². The molecule has 1 unspecified atom stereocenters. The third kappa shape index (κ3) is 4.31. The number of rotatable bonds is 6. The molecule has 0 radical (unpaired) electrons. The quantitative estimate of drug-likeness (QED) is 0.770. The van der Waals surface area contributed by atoms with Crippen LogP contribution >= 0.6 is 38.9 Å². The van der Waals surface area contributed by atoms with Gasteiger partial charge in [0.1, 0.15) is 4.90 Å². The van der Waals surface area contributed by atoms with Crippen LogP contribution in [0.3, 0.4) is 0 Å². The van der Waals surface area contributed by atoms with Crippen molar-refractivity contribution in [3.8, 4) is 0 Å². The Morgan fingerprint density at radius 2 is 2.09 bits per heavy atom. The monoisotopic (exact) mass is 422 g/mol.